The fourth-order valence-corrected chi connectivity index (χ4v) is 2.50. The Morgan fingerprint density at radius 3 is 2.13 bits per heavy atom. The van der Waals surface area contributed by atoms with Gasteiger partial charge in [0.2, 0.25) is 0 Å². The van der Waals surface area contributed by atoms with Crippen LogP contribution in [0, 0.1) is 0 Å². The van der Waals surface area contributed by atoms with E-state index in [4.69, 9.17) is 10.3 Å². The number of rotatable bonds is 1. The van der Waals surface area contributed by atoms with Crippen LogP contribution in [0.2, 0.25) is 0 Å². The summed E-state index contributed by atoms with van der Waals surface area (Å²) in [7, 11) is -4.22. The zero-order valence-electron chi connectivity index (χ0n) is 8.98. The van der Waals surface area contributed by atoms with Crippen LogP contribution < -0.4 is 5.73 Å². The highest BCUT2D eigenvalue weighted by atomic mass is 32.2. The van der Waals surface area contributed by atoms with Gasteiger partial charge in [-0.05, 0) is 17.5 Å². The maximum atomic E-state index is 11.2. The molecule has 15 heavy (non-hydrogen) atoms. The molecule has 0 fully saturated rings. The smallest absolute Gasteiger partial charge is 0.294 e. The van der Waals surface area contributed by atoms with Gasteiger partial charge in [-0.3, -0.25) is 4.55 Å². The van der Waals surface area contributed by atoms with Crippen LogP contribution in [-0.2, 0) is 15.5 Å². The molecule has 0 saturated carbocycles. The zero-order chi connectivity index (χ0) is 11.9. The first-order valence-corrected chi connectivity index (χ1v) is 5.94. The van der Waals surface area contributed by atoms with Crippen molar-refractivity contribution in [3.63, 3.8) is 0 Å². The molecule has 0 saturated heterocycles. The third-order valence-corrected chi connectivity index (χ3v) is 2.98. The van der Waals surface area contributed by atoms with Gasteiger partial charge in [-0.1, -0.05) is 26.8 Å². The van der Waals surface area contributed by atoms with Crippen molar-refractivity contribution in [1.29, 1.82) is 0 Å². The van der Waals surface area contributed by atoms with Crippen molar-refractivity contribution in [1.82, 2.24) is 0 Å². The molecule has 84 valence electrons. The lowest BCUT2D eigenvalue weighted by molar-refractivity contribution is 0.476. The molecule has 5 heteroatoms. The van der Waals surface area contributed by atoms with E-state index < -0.39 is 15.5 Å². The second kappa shape index (κ2) is 3.50. The summed E-state index contributed by atoms with van der Waals surface area (Å²) in [6.07, 6.45) is 0. The van der Waals surface area contributed by atoms with Crippen molar-refractivity contribution in [2.24, 2.45) is 0 Å². The summed E-state index contributed by atoms with van der Waals surface area (Å²) in [5.74, 6) is 0. The summed E-state index contributed by atoms with van der Waals surface area (Å²) in [4.78, 5) is -0.116. The molecular formula is C10H15NO3S. The molecule has 0 aliphatic heterocycles. The number of nitrogens with two attached hydrogens (primary N) is 1. The Morgan fingerprint density at radius 1 is 1.27 bits per heavy atom. The van der Waals surface area contributed by atoms with Crippen LogP contribution in [0.15, 0.2) is 23.1 Å². The van der Waals surface area contributed by atoms with E-state index in [-0.39, 0.29) is 4.90 Å². The van der Waals surface area contributed by atoms with Crippen molar-refractivity contribution >= 4 is 15.8 Å². The van der Waals surface area contributed by atoms with Crippen molar-refractivity contribution in [3.05, 3.63) is 23.8 Å². The molecule has 0 radical (unpaired) electrons. The first-order valence-electron chi connectivity index (χ1n) is 4.50. The van der Waals surface area contributed by atoms with Gasteiger partial charge in [0.15, 0.2) is 0 Å². The first kappa shape index (κ1) is 12.0. The van der Waals surface area contributed by atoms with Crippen LogP contribution in [0.1, 0.15) is 26.3 Å². The van der Waals surface area contributed by atoms with Crippen molar-refractivity contribution in [2.75, 3.05) is 5.73 Å². The molecule has 0 amide bonds. The number of hydrogen-bond acceptors (Lipinski definition) is 3. The summed E-state index contributed by atoms with van der Waals surface area (Å²) in [5, 5.41) is 0. The van der Waals surface area contributed by atoms with Crippen LogP contribution in [0.25, 0.3) is 0 Å². The first-order chi connectivity index (χ1) is 6.64. The van der Waals surface area contributed by atoms with E-state index >= 15 is 0 Å². The molecule has 0 atom stereocenters. The molecular weight excluding hydrogens is 214 g/mol. The largest absolute Gasteiger partial charge is 0.398 e. The van der Waals surface area contributed by atoms with Crippen LogP contribution in [-0.4, -0.2) is 13.0 Å². The molecule has 1 rings (SSSR count). The van der Waals surface area contributed by atoms with Crippen LogP contribution in [0.5, 0.6) is 0 Å². The van der Waals surface area contributed by atoms with Gasteiger partial charge in [0.25, 0.3) is 10.1 Å². The predicted molar refractivity (Wildman–Crippen MR) is 59.4 cm³/mol. The van der Waals surface area contributed by atoms with E-state index in [1.165, 1.54) is 12.1 Å². The number of hydrogen-bond donors (Lipinski definition) is 2. The Labute approximate surface area is 89.9 Å². The van der Waals surface area contributed by atoms with E-state index in [1.54, 1.807) is 6.07 Å². The van der Waals surface area contributed by atoms with Gasteiger partial charge in [0.1, 0.15) is 0 Å². The maximum absolute atomic E-state index is 11.2. The lowest BCUT2D eigenvalue weighted by atomic mass is 9.86. The van der Waals surface area contributed by atoms with Crippen molar-refractivity contribution < 1.29 is 13.0 Å². The number of benzene rings is 1. The lowest BCUT2D eigenvalue weighted by Crippen LogP contribution is -2.18. The average molecular weight is 229 g/mol. The van der Waals surface area contributed by atoms with Gasteiger partial charge < -0.3 is 5.73 Å². The zero-order valence-corrected chi connectivity index (χ0v) is 9.80. The quantitative estimate of drug-likeness (QED) is 0.568. The Kier molecular flexibility index (Phi) is 2.80. The summed E-state index contributed by atoms with van der Waals surface area (Å²) < 4.78 is 31.4. The van der Waals surface area contributed by atoms with Gasteiger partial charge in [0.05, 0.1) is 4.90 Å². The van der Waals surface area contributed by atoms with E-state index in [1.807, 2.05) is 20.8 Å². The molecule has 1 aromatic rings. The molecule has 0 spiro atoms. The van der Waals surface area contributed by atoms with Crippen molar-refractivity contribution in [2.45, 2.75) is 31.1 Å². The van der Waals surface area contributed by atoms with Gasteiger partial charge in [0, 0.05) is 11.3 Å². The molecule has 0 aliphatic rings. The Morgan fingerprint density at radius 2 is 1.80 bits per heavy atom. The van der Waals surface area contributed by atoms with E-state index in [9.17, 15) is 8.42 Å². The third kappa shape index (κ3) is 2.49. The Hall–Kier alpha value is -1.07. The van der Waals surface area contributed by atoms with Gasteiger partial charge >= 0.3 is 0 Å². The second-order valence-electron chi connectivity index (χ2n) is 4.45. The minimum Gasteiger partial charge on any atom is -0.398 e. The van der Waals surface area contributed by atoms with Crippen LogP contribution >= 0.6 is 0 Å². The fraction of sp³-hybridized carbons (Fsp3) is 0.400. The molecule has 0 aromatic heterocycles. The molecule has 0 heterocycles. The van der Waals surface area contributed by atoms with E-state index in [0.29, 0.717) is 11.3 Å². The average Bonchev–Trinajstić information content (AvgIpc) is 1.99. The topological polar surface area (TPSA) is 80.4 Å². The molecule has 0 bridgehead atoms. The monoisotopic (exact) mass is 229 g/mol. The highest BCUT2D eigenvalue weighted by Gasteiger charge is 2.26. The second-order valence-corrected chi connectivity index (χ2v) is 5.84. The SMILES string of the molecule is CC(C)(C)c1c(N)cccc1S(=O)(=O)O. The minimum atomic E-state index is -4.22. The molecule has 1 aromatic carbocycles. The number of anilines is 1. The highest BCUT2D eigenvalue weighted by molar-refractivity contribution is 7.85. The van der Waals surface area contributed by atoms with Gasteiger partial charge in [-0.15, -0.1) is 0 Å². The number of nitrogen functional groups attached to an aromatic ring is 1. The standard InChI is InChI=1S/C10H15NO3S/c1-10(2,3)9-7(11)5-4-6-8(9)15(12,13)14/h4-6H,11H2,1-3H3,(H,12,13,14). The highest BCUT2D eigenvalue weighted by Crippen LogP contribution is 2.33. The van der Waals surface area contributed by atoms with E-state index in [0.717, 1.165) is 0 Å². The van der Waals surface area contributed by atoms with Gasteiger partial charge in [-0.25, -0.2) is 0 Å². The molecule has 4 nitrogen and oxygen atoms in total. The Bertz CT molecular complexity index is 472. The van der Waals surface area contributed by atoms with E-state index in [2.05, 4.69) is 0 Å². The summed E-state index contributed by atoms with van der Waals surface area (Å²) in [6, 6.07) is 4.48. The van der Waals surface area contributed by atoms with Crippen LogP contribution in [0.4, 0.5) is 5.69 Å². The minimum absolute atomic E-state index is 0.116. The summed E-state index contributed by atoms with van der Waals surface area (Å²) >= 11 is 0. The fourth-order valence-electron chi connectivity index (χ4n) is 1.57. The molecule has 0 unspecified atom stereocenters. The third-order valence-electron chi connectivity index (χ3n) is 2.09. The maximum Gasteiger partial charge on any atom is 0.294 e. The van der Waals surface area contributed by atoms with Crippen molar-refractivity contribution in [3.8, 4) is 0 Å². The Balaban J connectivity index is 3.63. The van der Waals surface area contributed by atoms with Crippen LogP contribution in [0.3, 0.4) is 0 Å². The predicted octanol–water partition coefficient (Wildman–Crippen LogP) is 1.81. The molecule has 3 N–H and O–H groups in total. The summed E-state index contributed by atoms with van der Waals surface area (Å²) in [6.45, 7) is 5.52. The lowest BCUT2D eigenvalue weighted by Gasteiger charge is -2.23. The summed E-state index contributed by atoms with van der Waals surface area (Å²) in [5.41, 5.74) is 6.12. The van der Waals surface area contributed by atoms with Gasteiger partial charge in [-0.2, -0.15) is 8.42 Å². The molecule has 0 aliphatic carbocycles. The normalized spacial score (nSPS) is 12.8.